The molecular formula is C21H31N3O2. The van der Waals surface area contributed by atoms with E-state index in [1.54, 1.807) is 6.20 Å². The van der Waals surface area contributed by atoms with Gasteiger partial charge < -0.3 is 9.80 Å². The van der Waals surface area contributed by atoms with Crippen LogP contribution in [0.2, 0.25) is 0 Å². The average molecular weight is 357 g/mol. The van der Waals surface area contributed by atoms with Gasteiger partial charge in [-0.15, -0.1) is 0 Å². The maximum atomic E-state index is 13.0. The summed E-state index contributed by atoms with van der Waals surface area (Å²) in [6.07, 6.45) is 8.40. The highest BCUT2D eigenvalue weighted by Gasteiger charge is 2.42. The summed E-state index contributed by atoms with van der Waals surface area (Å²) >= 11 is 0. The molecule has 0 radical (unpaired) electrons. The molecule has 0 unspecified atom stereocenters. The van der Waals surface area contributed by atoms with Gasteiger partial charge in [-0.3, -0.25) is 14.6 Å². The fourth-order valence-electron chi connectivity index (χ4n) is 4.36. The number of carbonyl (C=O) groups excluding carboxylic acids is 2. The molecule has 2 fully saturated rings. The van der Waals surface area contributed by atoms with Gasteiger partial charge in [0.2, 0.25) is 5.91 Å². The topological polar surface area (TPSA) is 53.5 Å². The third-order valence-electron chi connectivity index (χ3n) is 5.90. The van der Waals surface area contributed by atoms with Crippen molar-refractivity contribution in [3.63, 3.8) is 0 Å². The molecule has 0 bridgehead atoms. The van der Waals surface area contributed by atoms with Crippen LogP contribution < -0.4 is 0 Å². The van der Waals surface area contributed by atoms with Crippen LogP contribution in [0.25, 0.3) is 0 Å². The van der Waals surface area contributed by atoms with Gasteiger partial charge in [-0.25, -0.2) is 0 Å². The quantitative estimate of drug-likeness (QED) is 0.812. The summed E-state index contributed by atoms with van der Waals surface area (Å²) in [6, 6.07) is 3.74. The van der Waals surface area contributed by atoms with Crippen LogP contribution in [0.1, 0.15) is 68.4 Å². The predicted molar refractivity (Wildman–Crippen MR) is 102 cm³/mol. The molecule has 5 nitrogen and oxygen atoms in total. The molecule has 0 aromatic carbocycles. The van der Waals surface area contributed by atoms with Crippen LogP contribution in [0, 0.1) is 5.41 Å². The Labute approximate surface area is 156 Å². The Morgan fingerprint density at radius 1 is 1.27 bits per heavy atom. The lowest BCUT2D eigenvalue weighted by molar-refractivity contribution is -0.139. The average Bonchev–Trinajstić information content (AvgIpc) is 2.68. The van der Waals surface area contributed by atoms with E-state index < -0.39 is 0 Å². The van der Waals surface area contributed by atoms with Crippen molar-refractivity contribution in [2.24, 2.45) is 5.41 Å². The van der Waals surface area contributed by atoms with Gasteiger partial charge in [0.05, 0.1) is 0 Å². The molecular weight excluding hydrogens is 326 g/mol. The van der Waals surface area contributed by atoms with Gasteiger partial charge in [-0.2, -0.15) is 0 Å². The number of aryl methyl sites for hydroxylation is 1. The summed E-state index contributed by atoms with van der Waals surface area (Å²) in [5, 5.41) is 0. The van der Waals surface area contributed by atoms with Crippen LogP contribution in [0.3, 0.4) is 0 Å². The lowest BCUT2D eigenvalue weighted by atomic mass is 9.73. The number of hydrogen-bond acceptors (Lipinski definition) is 3. The van der Waals surface area contributed by atoms with Crippen LogP contribution >= 0.6 is 0 Å². The molecule has 1 atom stereocenters. The van der Waals surface area contributed by atoms with Crippen LogP contribution in [-0.4, -0.2) is 52.8 Å². The minimum atomic E-state index is 0.0795. The highest BCUT2D eigenvalue weighted by molar-refractivity contribution is 5.94. The van der Waals surface area contributed by atoms with E-state index in [2.05, 4.69) is 18.8 Å². The highest BCUT2D eigenvalue weighted by atomic mass is 16.2. The summed E-state index contributed by atoms with van der Waals surface area (Å²) in [5.74, 6) is 0.396. The summed E-state index contributed by atoms with van der Waals surface area (Å²) in [6.45, 7) is 7.46. The molecule has 2 saturated heterocycles. The summed E-state index contributed by atoms with van der Waals surface area (Å²) < 4.78 is 0. The second kappa shape index (κ2) is 8.19. The lowest BCUT2D eigenvalue weighted by Gasteiger charge is -2.48. The maximum Gasteiger partial charge on any atom is 0.253 e. The zero-order valence-corrected chi connectivity index (χ0v) is 16.2. The molecule has 3 rings (SSSR count). The molecule has 2 aliphatic heterocycles. The fraction of sp³-hybridized carbons (Fsp3) is 0.667. The van der Waals surface area contributed by atoms with Gasteiger partial charge in [0.15, 0.2) is 0 Å². The van der Waals surface area contributed by atoms with Gasteiger partial charge in [0.1, 0.15) is 0 Å². The third-order valence-corrected chi connectivity index (χ3v) is 5.90. The molecule has 26 heavy (non-hydrogen) atoms. The van der Waals surface area contributed by atoms with Crippen molar-refractivity contribution in [2.45, 2.75) is 58.8 Å². The minimum absolute atomic E-state index is 0.0795. The Morgan fingerprint density at radius 3 is 2.88 bits per heavy atom. The van der Waals surface area contributed by atoms with Crippen molar-refractivity contribution in [1.29, 1.82) is 0 Å². The van der Waals surface area contributed by atoms with Gasteiger partial charge in [0, 0.05) is 55.5 Å². The number of nitrogens with zero attached hydrogens (tertiary/aromatic N) is 3. The largest absolute Gasteiger partial charge is 0.342 e. The molecule has 0 aliphatic carbocycles. The molecule has 2 aliphatic rings. The van der Waals surface area contributed by atoms with E-state index in [0.717, 1.165) is 76.0 Å². The fourth-order valence-corrected chi connectivity index (χ4v) is 4.36. The predicted octanol–water partition coefficient (Wildman–Crippen LogP) is 3.29. The first-order valence-electron chi connectivity index (χ1n) is 10.1. The molecule has 1 aromatic rings. The number of rotatable bonds is 5. The van der Waals surface area contributed by atoms with Gasteiger partial charge in [-0.1, -0.05) is 20.3 Å². The number of unbranched alkanes of at least 4 members (excludes halogenated alkanes) is 1. The molecule has 0 N–H and O–H groups in total. The number of piperidine rings is 2. The van der Waals surface area contributed by atoms with Crippen molar-refractivity contribution >= 4 is 11.8 Å². The normalized spacial score (nSPS) is 23.5. The van der Waals surface area contributed by atoms with E-state index in [9.17, 15) is 9.59 Å². The van der Waals surface area contributed by atoms with Crippen molar-refractivity contribution in [3.05, 3.63) is 29.6 Å². The number of pyridine rings is 1. The van der Waals surface area contributed by atoms with Crippen molar-refractivity contribution in [3.8, 4) is 0 Å². The monoisotopic (exact) mass is 357 g/mol. The smallest absolute Gasteiger partial charge is 0.253 e. The molecule has 1 aromatic heterocycles. The number of amides is 2. The maximum absolute atomic E-state index is 13.0. The van der Waals surface area contributed by atoms with E-state index in [1.807, 2.05) is 21.9 Å². The van der Waals surface area contributed by atoms with E-state index in [1.165, 1.54) is 0 Å². The van der Waals surface area contributed by atoms with Gasteiger partial charge in [0.25, 0.3) is 5.91 Å². The number of aromatic nitrogens is 1. The molecule has 1 spiro atoms. The van der Waals surface area contributed by atoms with E-state index >= 15 is 0 Å². The van der Waals surface area contributed by atoms with E-state index in [-0.39, 0.29) is 17.2 Å². The van der Waals surface area contributed by atoms with Crippen molar-refractivity contribution in [2.75, 3.05) is 26.2 Å². The first kappa shape index (κ1) is 18.9. The SMILES string of the molecule is CCCCN1C[C@]2(CCCN(C(=O)c3ccnc(CC)c3)C2)CCC1=O. The third kappa shape index (κ3) is 4.08. The van der Waals surface area contributed by atoms with E-state index in [0.29, 0.717) is 6.42 Å². The van der Waals surface area contributed by atoms with Crippen molar-refractivity contribution in [1.82, 2.24) is 14.8 Å². The molecule has 5 heteroatoms. The Morgan fingerprint density at radius 2 is 2.12 bits per heavy atom. The minimum Gasteiger partial charge on any atom is -0.342 e. The first-order valence-corrected chi connectivity index (χ1v) is 10.1. The summed E-state index contributed by atoms with van der Waals surface area (Å²) in [7, 11) is 0. The Hall–Kier alpha value is -1.91. The molecule has 0 saturated carbocycles. The van der Waals surface area contributed by atoms with E-state index in [4.69, 9.17) is 0 Å². The zero-order valence-electron chi connectivity index (χ0n) is 16.2. The van der Waals surface area contributed by atoms with Crippen LogP contribution in [-0.2, 0) is 11.2 Å². The summed E-state index contributed by atoms with van der Waals surface area (Å²) in [5.41, 5.74) is 1.77. The first-order chi connectivity index (χ1) is 12.6. The standard InChI is InChI=1S/C21H31N3O2/c1-3-5-12-23-15-21(10-7-19(23)25)9-6-13-24(16-21)20(26)17-8-11-22-18(4-2)14-17/h8,11,14H,3-7,9-10,12-13,15-16H2,1-2H3/t21-/m0/s1. The number of carbonyl (C=O) groups is 2. The second-order valence-electron chi connectivity index (χ2n) is 7.89. The van der Waals surface area contributed by atoms with Crippen LogP contribution in [0.15, 0.2) is 18.3 Å². The highest BCUT2D eigenvalue weighted by Crippen LogP contribution is 2.39. The second-order valence-corrected chi connectivity index (χ2v) is 7.89. The molecule has 3 heterocycles. The van der Waals surface area contributed by atoms with Gasteiger partial charge >= 0.3 is 0 Å². The number of hydrogen-bond donors (Lipinski definition) is 0. The zero-order chi connectivity index (χ0) is 18.6. The lowest BCUT2D eigenvalue weighted by Crippen LogP contribution is -2.55. The summed E-state index contributed by atoms with van der Waals surface area (Å²) in [4.78, 5) is 33.7. The van der Waals surface area contributed by atoms with Crippen molar-refractivity contribution < 1.29 is 9.59 Å². The Kier molecular flexibility index (Phi) is 5.94. The Bertz CT molecular complexity index is 660. The Balaban J connectivity index is 1.71. The number of likely N-dealkylation sites (tertiary alicyclic amines) is 2. The molecule has 142 valence electrons. The van der Waals surface area contributed by atoms with Crippen LogP contribution in [0.4, 0.5) is 0 Å². The van der Waals surface area contributed by atoms with Gasteiger partial charge in [-0.05, 0) is 44.2 Å². The van der Waals surface area contributed by atoms with Crippen LogP contribution in [0.5, 0.6) is 0 Å². The molecule has 2 amide bonds.